The average Bonchev–Trinajstić information content (AvgIpc) is 2.83. The van der Waals surface area contributed by atoms with Crippen LogP contribution in [-0.2, 0) is 11.3 Å². The van der Waals surface area contributed by atoms with Crippen LogP contribution in [0.2, 0.25) is 0 Å². The normalized spacial score (nSPS) is 16.8. The molecular formula is C25H29N3O3. The summed E-state index contributed by atoms with van der Waals surface area (Å²) in [6, 6.07) is 14.6. The lowest BCUT2D eigenvalue weighted by Gasteiger charge is -2.27. The molecule has 2 saturated heterocycles. The number of amides is 3. The Morgan fingerprint density at radius 3 is 2.32 bits per heavy atom. The Morgan fingerprint density at radius 2 is 1.58 bits per heavy atom. The van der Waals surface area contributed by atoms with Gasteiger partial charge in [0.1, 0.15) is 0 Å². The van der Waals surface area contributed by atoms with Crippen LogP contribution in [0, 0.1) is 0 Å². The fourth-order valence-electron chi connectivity index (χ4n) is 4.25. The van der Waals surface area contributed by atoms with E-state index in [2.05, 4.69) is 5.32 Å². The first kappa shape index (κ1) is 21.1. The Labute approximate surface area is 183 Å². The second-order valence-electron chi connectivity index (χ2n) is 8.29. The third-order valence-electron chi connectivity index (χ3n) is 6.03. The molecular weight excluding hydrogens is 390 g/mol. The molecule has 6 heteroatoms. The summed E-state index contributed by atoms with van der Waals surface area (Å²) in [5.41, 5.74) is 2.95. The number of hydrogen-bond acceptors (Lipinski definition) is 3. The maximum absolute atomic E-state index is 12.7. The summed E-state index contributed by atoms with van der Waals surface area (Å²) in [6.45, 7) is 2.72. The first-order valence-electron chi connectivity index (χ1n) is 11.2. The molecule has 2 aromatic carbocycles. The second-order valence-corrected chi connectivity index (χ2v) is 8.29. The summed E-state index contributed by atoms with van der Waals surface area (Å²) in [6.07, 6.45) is 5.85. The maximum atomic E-state index is 12.7. The van der Waals surface area contributed by atoms with Crippen molar-refractivity contribution in [2.24, 2.45) is 0 Å². The molecule has 0 spiro atoms. The van der Waals surface area contributed by atoms with Crippen molar-refractivity contribution in [2.45, 2.75) is 45.1 Å². The highest BCUT2D eigenvalue weighted by atomic mass is 16.2. The van der Waals surface area contributed by atoms with Gasteiger partial charge in [-0.15, -0.1) is 0 Å². The van der Waals surface area contributed by atoms with Crippen molar-refractivity contribution >= 4 is 23.4 Å². The third kappa shape index (κ3) is 5.13. The van der Waals surface area contributed by atoms with E-state index < -0.39 is 0 Å². The molecule has 2 aliphatic heterocycles. The Kier molecular flexibility index (Phi) is 6.65. The zero-order valence-electron chi connectivity index (χ0n) is 17.8. The molecule has 3 amide bonds. The maximum Gasteiger partial charge on any atom is 0.253 e. The van der Waals surface area contributed by atoms with Crippen LogP contribution in [-0.4, -0.2) is 42.3 Å². The van der Waals surface area contributed by atoms with E-state index in [1.165, 1.54) is 6.42 Å². The Bertz CT molecular complexity index is 949. The van der Waals surface area contributed by atoms with Crippen molar-refractivity contribution in [2.75, 3.05) is 24.5 Å². The average molecular weight is 420 g/mol. The monoisotopic (exact) mass is 419 g/mol. The number of rotatable bonds is 5. The highest BCUT2D eigenvalue weighted by molar-refractivity contribution is 5.97. The third-order valence-corrected chi connectivity index (χ3v) is 6.03. The zero-order valence-corrected chi connectivity index (χ0v) is 17.8. The number of piperidine rings is 2. The fourth-order valence-corrected chi connectivity index (χ4v) is 4.25. The van der Waals surface area contributed by atoms with Crippen LogP contribution in [0.15, 0.2) is 48.5 Å². The van der Waals surface area contributed by atoms with Crippen molar-refractivity contribution in [3.8, 4) is 0 Å². The standard InChI is InChI=1S/C25H29N3O3/c29-23-9-2-5-16-28(23)22-12-10-20(11-13-22)24(30)26-18-19-7-6-8-21(17-19)25(31)27-14-3-1-4-15-27/h6-8,10-13,17H,1-5,9,14-16,18H2,(H,26,30). The summed E-state index contributed by atoms with van der Waals surface area (Å²) in [5, 5.41) is 2.92. The number of benzene rings is 2. The molecule has 2 aromatic rings. The summed E-state index contributed by atoms with van der Waals surface area (Å²) in [5.74, 6) is 0.0300. The van der Waals surface area contributed by atoms with E-state index in [9.17, 15) is 14.4 Å². The van der Waals surface area contributed by atoms with Crippen LogP contribution >= 0.6 is 0 Å². The van der Waals surface area contributed by atoms with Crippen LogP contribution < -0.4 is 10.2 Å². The first-order chi connectivity index (χ1) is 15.1. The quantitative estimate of drug-likeness (QED) is 0.802. The number of carbonyl (C=O) groups is 3. The molecule has 4 rings (SSSR count). The molecule has 0 aromatic heterocycles. The molecule has 6 nitrogen and oxygen atoms in total. The van der Waals surface area contributed by atoms with Crippen LogP contribution in [0.1, 0.15) is 64.8 Å². The largest absolute Gasteiger partial charge is 0.348 e. The summed E-state index contributed by atoms with van der Waals surface area (Å²) >= 11 is 0. The van der Waals surface area contributed by atoms with Crippen molar-refractivity contribution in [1.82, 2.24) is 10.2 Å². The summed E-state index contributed by atoms with van der Waals surface area (Å²) < 4.78 is 0. The lowest BCUT2D eigenvalue weighted by molar-refractivity contribution is -0.119. The predicted molar refractivity (Wildman–Crippen MR) is 120 cm³/mol. The molecule has 2 fully saturated rings. The number of nitrogens with one attached hydrogen (secondary N) is 1. The SMILES string of the molecule is O=C(NCc1cccc(C(=O)N2CCCCC2)c1)c1ccc(N2CCCCC2=O)cc1. The summed E-state index contributed by atoms with van der Waals surface area (Å²) in [7, 11) is 0. The number of likely N-dealkylation sites (tertiary alicyclic amines) is 1. The van der Waals surface area contributed by atoms with E-state index in [1.807, 2.05) is 41.3 Å². The smallest absolute Gasteiger partial charge is 0.253 e. The van der Waals surface area contributed by atoms with Gasteiger partial charge in [0.25, 0.3) is 11.8 Å². The first-order valence-corrected chi connectivity index (χ1v) is 11.2. The molecule has 2 heterocycles. The van der Waals surface area contributed by atoms with Gasteiger partial charge in [-0.3, -0.25) is 14.4 Å². The van der Waals surface area contributed by atoms with Crippen molar-refractivity contribution in [3.05, 3.63) is 65.2 Å². The van der Waals surface area contributed by atoms with Crippen molar-refractivity contribution < 1.29 is 14.4 Å². The molecule has 0 radical (unpaired) electrons. The van der Waals surface area contributed by atoms with Crippen LogP contribution in [0.5, 0.6) is 0 Å². The molecule has 162 valence electrons. The molecule has 1 N–H and O–H groups in total. The minimum absolute atomic E-state index is 0.0655. The zero-order chi connectivity index (χ0) is 21.6. The van der Waals surface area contributed by atoms with Gasteiger partial charge in [0.15, 0.2) is 0 Å². The lowest BCUT2D eigenvalue weighted by atomic mass is 10.1. The minimum Gasteiger partial charge on any atom is -0.348 e. The minimum atomic E-state index is -0.177. The van der Waals surface area contributed by atoms with E-state index in [0.717, 1.165) is 56.6 Å². The number of carbonyl (C=O) groups excluding carboxylic acids is 3. The number of hydrogen-bond donors (Lipinski definition) is 1. The predicted octanol–water partition coefficient (Wildman–Crippen LogP) is 3.76. The van der Waals surface area contributed by atoms with Gasteiger partial charge in [0.05, 0.1) is 0 Å². The highest BCUT2D eigenvalue weighted by Gasteiger charge is 2.20. The molecule has 0 bridgehead atoms. The topological polar surface area (TPSA) is 69.7 Å². The van der Waals surface area contributed by atoms with E-state index >= 15 is 0 Å². The van der Waals surface area contributed by atoms with Gasteiger partial charge in [-0.2, -0.15) is 0 Å². The molecule has 0 unspecified atom stereocenters. The molecule has 0 atom stereocenters. The highest BCUT2D eigenvalue weighted by Crippen LogP contribution is 2.21. The van der Waals surface area contributed by atoms with Gasteiger partial charge in [-0.1, -0.05) is 12.1 Å². The van der Waals surface area contributed by atoms with Gasteiger partial charge in [0.2, 0.25) is 5.91 Å². The number of nitrogens with zero attached hydrogens (tertiary/aromatic N) is 2. The van der Waals surface area contributed by atoms with E-state index in [-0.39, 0.29) is 17.7 Å². The Balaban J connectivity index is 1.35. The van der Waals surface area contributed by atoms with E-state index in [0.29, 0.717) is 24.1 Å². The van der Waals surface area contributed by atoms with E-state index in [1.54, 1.807) is 17.0 Å². The summed E-state index contributed by atoms with van der Waals surface area (Å²) in [4.78, 5) is 41.0. The fraction of sp³-hybridized carbons (Fsp3) is 0.400. The van der Waals surface area contributed by atoms with E-state index in [4.69, 9.17) is 0 Å². The lowest BCUT2D eigenvalue weighted by Crippen LogP contribution is -2.35. The van der Waals surface area contributed by atoms with Gasteiger partial charge < -0.3 is 15.1 Å². The Hall–Kier alpha value is -3.15. The molecule has 31 heavy (non-hydrogen) atoms. The molecule has 2 aliphatic rings. The molecule has 0 aliphatic carbocycles. The van der Waals surface area contributed by atoms with Gasteiger partial charge in [0, 0.05) is 49.4 Å². The van der Waals surface area contributed by atoms with Gasteiger partial charge in [-0.05, 0) is 74.1 Å². The second kappa shape index (κ2) is 9.77. The van der Waals surface area contributed by atoms with Crippen molar-refractivity contribution in [1.29, 1.82) is 0 Å². The Morgan fingerprint density at radius 1 is 0.839 bits per heavy atom. The van der Waals surface area contributed by atoms with Crippen LogP contribution in [0.4, 0.5) is 5.69 Å². The van der Waals surface area contributed by atoms with Crippen molar-refractivity contribution in [3.63, 3.8) is 0 Å². The van der Waals surface area contributed by atoms with Gasteiger partial charge in [-0.25, -0.2) is 0 Å². The number of anilines is 1. The van der Waals surface area contributed by atoms with Gasteiger partial charge >= 0.3 is 0 Å². The molecule has 0 saturated carbocycles. The van der Waals surface area contributed by atoms with Crippen LogP contribution in [0.3, 0.4) is 0 Å². The van der Waals surface area contributed by atoms with Crippen LogP contribution in [0.25, 0.3) is 0 Å².